The van der Waals surface area contributed by atoms with Crippen LogP contribution in [-0.4, -0.2) is 48.6 Å². The summed E-state index contributed by atoms with van der Waals surface area (Å²) in [6.45, 7) is 13.4. The van der Waals surface area contributed by atoms with Gasteiger partial charge >= 0.3 is 11.8 Å². The number of nitrogens with zero attached hydrogens (tertiary/aromatic N) is 1. The summed E-state index contributed by atoms with van der Waals surface area (Å²) in [6, 6.07) is 5.72. The number of rotatable bonds is 8. The van der Waals surface area contributed by atoms with Crippen molar-refractivity contribution in [1.82, 2.24) is 10.2 Å². The predicted octanol–water partition coefficient (Wildman–Crippen LogP) is 2.79. The van der Waals surface area contributed by atoms with E-state index in [1.807, 2.05) is 59.7 Å². The summed E-state index contributed by atoms with van der Waals surface area (Å²) in [5.41, 5.74) is 0.623. The molecule has 0 spiro atoms. The van der Waals surface area contributed by atoms with Gasteiger partial charge < -0.3 is 19.7 Å². The molecule has 0 aromatic heterocycles. The molecular formula is C20H32N2O4. The van der Waals surface area contributed by atoms with Crippen molar-refractivity contribution in [3.05, 3.63) is 23.8 Å². The third-order valence-electron chi connectivity index (χ3n) is 3.87. The molecule has 0 saturated heterocycles. The molecule has 0 aliphatic heterocycles. The van der Waals surface area contributed by atoms with Gasteiger partial charge in [0.15, 0.2) is 11.5 Å². The average Bonchev–Trinajstić information content (AvgIpc) is 2.56. The van der Waals surface area contributed by atoms with Gasteiger partial charge in [-0.25, -0.2) is 0 Å². The van der Waals surface area contributed by atoms with Crippen molar-refractivity contribution in [2.24, 2.45) is 0 Å². The smallest absolute Gasteiger partial charge is 0.312 e. The molecule has 1 N–H and O–H groups in total. The zero-order valence-corrected chi connectivity index (χ0v) is 16.8. The topological polar surface area (TPSA) is 67.9 Å². The zero-order valence-electron chi connectivity index (χ0n) is 16.8. The minimum atomic E-state index is -0.572. The monoisotopic (exact) mass is 364 g/mol. The van der Waals surface area contributed by atoms with Gasteiger partial charge in [0.2, 0.25) is 0 Å². The molecule has 26 heavy (non-hydrogen) atoms. The van der Waals surface area contributed by atoms with Gasteiger partial charge in [0.25, 0.3) is 0 Å². The number of hydrogen-bond acceptors (Lipinski definition) is 4. The summed E-state index contributed by atoms with van der Waals surface area (Å²) < 4.78 is 11.2. The van der Waals surface area contributed by atoms with E-state index in [4.69, 9.17) is 9.47 Å². The van der Waals surface area contributed by atoms with Crippen LogP contribution in [0.5, 0.6) is 11.5 Å². The molecular weight excluding hydrogens is 332 g/mol. The minimum absolute atomic E-state index is 0.381. The van der Waals surface area contributed by atoms with Crippen molar-refractivity contribution in [1.29, 1.82) is 0 Å². The van der Waals surface area contributed by atoms with Gasteiger partial charge in [0.05, 0.1) is 13.2 Å². The van der Waals surface area contributed by atoms with Gasteiger partial charge in [-0.05, 0) is 65.7 Å². The lowest BCUT2D eigenvalue weighted by molar-refractivity contribution is -0.148. The molecule has 146 valence electrons. The molecule has 0 aliphatic rings. The normalized spacial score (nSPS) is 11.0. The van der Waals surface area contributed by atoms with Gasteiger partial charge in [0, 0.05) is 18.6 Å². The molecule has 0 aliphatic carbocycles. The maximum atomic E-state index is 12.3. The molecule has 0 heterocycles. The van der Waals surface area contributed by atoms with Crippen LogP contribution >= 0.6 is 0 Å². The molecule has 0 saturated carbocycles. The Bertz CT molecular complexity index is 608. The van der Waals surface area contributed by atoms with E-state index in [0.29, 0.717) is 44.2 Å². The van der Waals surface area contributed by atoms with Gasteiger partial charge in [-0.1, -0.05) is 6.07 Å². The highest BCUT2D eigenvalue weighted by atomic mass is 16.5. The fourth-order valence-electron chi connectivity index (χ4n) is 2.69. The second kappa shape index (κ2) is 10.0. The number of amides is 2. The molecule has 0 radical (unpaired) electrons. The van der Waals surface area contributed by atoms with Gasteiger partial charge in [-0.3, -0.25) is 9.59 Å². The van der Waals surface area contributed by atoms with Crippen molar-refractivity contribution >= 4 is 11.8 Å². The van der Waals surface area contributed by atoms with Gasteiger partial charge in [0.1, 0.15) is 0 Å². The Morgan fingerprint density at radius 2 is 1.65 bits per heavy atom. The van der Waals surface area contributed by atoms with Crippen LogP contribution < -0.4 is 14.8 Å². The number of ether oxygens (including phenoxy) is 2. The lowest BCUT2D eigenvalue weighted by Crippen LogP contribution is -2.51. The fourth-order valence-corrected chi connectivity index (χ4v) is 2.69. The zero-order chi connectivity index (χ0) is 19.7. The fraction of sp³-hybridized carbons (Fsp3) is 0.600. The van der Waals surface area contributed by atoms with Crippen LogP contribution in [0.15, 0.2) is 18.2 Å². The van der Waals surface area contributed by atoms with Gasteiger partial charge in [-0.2, -0.15) is 0 Å². The second-order valence-corrected chi connectivity index (χ2v) is 6.87. The van der Waals surface area contributed by atoms with Crippen LogP contribution in [0.4, 0.5) is 0 Å². The molecule has 1 aromatic carbocycles. The Labute approximate surface area is 156 Å². The lowest BCUT2D eigenvalue weighted by Gasteiger charge is -2.34. The number of likely N-dealkylation sites (N-methyl/N-ethyl adjacent to an activating group) is 1. The Balaban J connectivity index is 2.65. The first-order valence-electron chi connectivity index (χ1n) is 9.22. The van der Waals surface area contributed by atoms with E-state index >= 15 is 0 Å². The summed E-state index contributed by atoms with van der Waals surface area (Å²) >= 11 is 0. The van der Waals surface area contributed by atoms with E-state index in [1.165, 1.54) is 0 Å². The Kier molecular flexibility index (Phi) is 8.42. The summed E-state index contributed by atoms with van der Waals surface area (Å²) in [5, 5.41) is 2.71. The highest BCUT2D eigenvalue weighted by Gasteiger charge is 2.29. The lowest BCUT2D eigenvalue weighted by atomic mass is 10.1. The van der Waals surface area contributed by atoms with E-state index in [0.717, 1.165) is 5.56 Å². The van der Waals surface area contributed by atoms with Crippen molar-refractivity contribution in [2.45, 2.75) is 53.5 Å². The van der Waals surface area contributed by atoms with Crippen molar-refractivity contribution in [3.8, 4) is 11.5 Å². The number of benzene rings is 1. The minimum Gasteiger partial charge on any atom is -0.490 e. The highest BCUT2D eigenvalue weighted by Crippen LogP contribution is 2.28. The van der Waals surface area contributed by atoms with Crippen LogP contribution in [0.25, 0.3) is 0 Å². The summed E-state index contributed by atoms with van der Waals surface area (Å²) in [7, 11) is 0. The average molecular weight is 364 g/mol. The van der Waals surface area contributed by atoms with Crippen LogP contribution in [0.2, 0.25) is 0 Å². The molecule has 1 rings (SSSR count). The number of nitrogens with one attached hydrogen (secondary N) is 1. The van der Waals surface area contributed by atoms with E-state index < -0.39 is 11.8 Å². The summed E-state index contributed by atoms with van der Waals surface area (Å²) in [5.74, 6) is 0.333. The van der Waals surface area contributed by atoms with Crippen LogP contribution in [0, 0.1) is 0 Å². The van der Waals surface area contributed by atoms with Crippen LogP contribution in [0.3, 0.4) is 0 Å². The predicted molar refractivity (Wildman–Crippen MR) is 103 cm³/mol. The largest absolute Gasteiger partial charge is 0.490 e. The standard InChI is InChI=1S/C20H32N2O4/c1-7-22(20(4,5)6)19(24)18(23)21-13-12-15-10-11-16(25-8-2)17(14-15)26-9-3/h10-11,14H,7-9,12-13H2,1-6H3,(H,21,23). The number of carbonyl (C=O) groups excluding carboxylic acids is 2. The maximum absolute atomic E-state index is 12.3. The molecule has 6 heteroatoms. The highest BCUT2D eigenvalue weighted by molar-refractivity contribution is 6.35. The Hall–Kier alpha value is -2.24. The van der Waals surface area contributed by atoms with Crippen molar-refractivity contribution < 1.29 is 19.1 Å². The number of carbonyl (C=O) groups is 2. The van der Waals surface area contributed by atoms with Crippen LogP contribution in [-0.2, 0) is 16.0 Å². The maximum Gasteiger partial charge on any atom is 0.312 e. The van der Waals surface area contributed by atoms with E-state index in [-0.39, 0.29) is 5.54 Å². The Morgan fingerprint density at radius 3 is 2.19 bits per heavy atom. The van der Waals surface area contributed by atoms with Gasteiger partial charge in [-0.15, -0.1) is 0 Å². The molecule has 0 unspecified atom stereocenters. The second-order valence-electron chi connectivity index (χ2n) is 6.87. The SMILES string of the molecule is CCOc1ccc(CCNC(=O)C(=O)N(CC)C(C)(C)C)cc1OCC. The van der Waals surface area contributed by atoms with E-state index in [9.17, 15) is 9.59 Å². The molecule has 0 atom stereocenters. The molecule has 0 bridgehead atoms. The first kappa shape index (κ1) is 21.8. The van der Waals surface area contributed by atoms with Crippen molar-refractivity contribution in [2.75, 3.05) is 26.3 Å². The first-order valence-corrected chi connectivity index (χ1v) is 9.22. The Morgan fingerprint density at radius 1 is 1.04 bits per heavy atom. The van der Waals surface area contributed by atoms with E-state index in [1.54, 1.807) is 4.90 Å². The first-order chi connectivity index (χ1) is 12.2. The van der Waals surface area contributed by atoms with Crippen LogP contribution in [0.1, 0.15) is 47.1 Å². The molecule has 2 amide bonds. The summed E-state index contributed by atoms with van der Waals surface area (Å²) in [6.07, 6.45) is 0.604. The molecule has 0 fully saturated rings. The number of hydrogen-bond donors (Lipinski definition) is 1. The third-order valence-corrected chi connectivity index (χ3v) is 3.87. The quantitative estimate of drug-likeness (QED) is 0.720. The van der Waals surface area contributed by atoms with Crippen molar-refractivity contribution in [3.63, 3.8) is 0 Å². The van der Waals surface area contributed by atoms with E-state index in [2.05, 4.69) is 5.32 Å². The summed E-state index contributed by atoms with van der Waals surface area (Å²) in [4.78, 5) is 26.0. The molecule has 1 aromatic rings. The molecule has 6 nitrogen and oxygen atoms in total. The third kappa shape index (κ3) is 6.24.